The third-order valence-electron chi connectivity index (χ3n) is 6.23. The molecule has 0 heterocycles. The zero-order valence-electron chi connectivity index (χ0n) is 20.4. The molecule has 0 amide bonds. The molecule has 0 aromatic carbocycles. The second-order valence-electron chi connectivity index (χ2n) is 9.75. The van der Waals surface area contributed by atoms with Crippen LogP contribution >= 0.6 is 0 Å². The van der Waals surface area contributed by atoms with Gasteiger partial charge in [0.25, 0.3) is 0 Å². The van der Waals surface area contributed by atoms with Crippen molar-refractivity contribution >= 4 is 0 Å². The number of hydrogen-bond donors (Lipinski definition) is 0. The Hall–Kier alpha value is 0.250. The summed E-state index contributed by atoms with van der Waals surface area (Å²) < 4.78 is 1.24. The van der Waals surface area contributed by atoms with Crippen molar-refractivity contribution < 1.29 is 16.9 Å². The number of hydrogen-bond acceptors (Lipinski definition) is 0. The van der Waals surface area contributed by atoms with Gasteiger partial charge in [-0.3, -0.25) is 0 Å². The minimum Gasteiger partial charge on any atom is -1.00 e. The summed E-state index contributed by atoms with van der Waals surface area (Å²) in [4.78, 5) is 0. The summed E-state index contributed by atoms with van der Waals surface area (Å²) in [6, 6.07) is 0. The molecule has 0 radical (unpaired) electrons. The van der Waals surface area contributed by atoms with Crippen LogP contribution < -0.4 is 12.4 Å². The van der Waals surface area contributed by atoms with Crippen LogP contribution in [0.5, 0.6) is 0 Å². The van der Waals surface area contributed by atoms with E-state index in [0.717, 1.165) is 0 Å². The number of halogens is 1. The topological polar surface area (TPSA) is 0 Å². The lowest BCUT2D eigenvalue weighted by atomic mass is 10.0. The van der Waals surface area contributed by atoms with E-state index in [1.807, 2.05) is 0 Å². The normalized spacial score (nSPS) is 11.6. The number of nitrogens with zero attached hydrogens (tertiary/aromatic N) is 1. The van der Waals surface area contributed by atoms with Crippen LogP contribution in [0.4, 0.5) is 0 Å². The van der Waals surface area contributed by atoms with Crippen molar-refractivity contribution in [2.75, 3.05) is 27.2 Å². The first-order valence-electron chi connectivity index (χ1n) is 12.9. The van der Waals surface area contributed by atoms with E-state index in [4.69, 9.17) is 0 Å². The van der Waals surface area contributed by atoms with Gasteiger partial charge in [0, 0.05) is 0 Å². The lowest BCUT2D eigenvalue weighted by molar-refractivity contribution is -0.890. The van der Waals surface area contributed by atoms with Gasteiger partial charge in [0.1, 0.15) is 0 Å². The average molecular weight is 418 g/mol. The highest BCUT2D eigenvalue weighted by Gasteiger charge is 2.13. The van der Waals surface area contributed by atoms with E-state index in [1.165, 1.54) is 146 Å². The highest BCUT2D eigenvalue weighted by molar-refractivity contribution is 4.50. The molecule has 0 spiro atoms. The Morgan fingerprint density at radius 2 is 0.571 bits per heavy atom. The molecule has 0 bridgehead atoms. The largest absolute Gasteiger partial charge is 1.00 e. The molecule has 28 heavy (non-hydrogen) atoms. The van der Waals surface area contributed by atoms with Gasteiger partial charge in [0.2, 0.25) is 0 Å². The van der Waals surface area contributed by atoms with Crippen molar-refractivity contribution in [2.24, 2.45) is 0 Å². The molecular weight excluding hydrogens is 362 g/mol. The third-order valence-corrected chi connectivity index (χ3v) is 6.23. The van der Waals surface area contributed by atoms with E-state index in [9.17, 15) is 0 Å². The molecule has 0 unspecified atom stereocenters. The Morgan fingerprint density at radius 3 is 0.821 bits per heavy atom. The highest BCUT2D eigenvalue weighted by Crippen LogP contribution is 2.14. The van der Waals surface area contributed by atoms with Crippen LogP contribution in [-0.2, 0) is 0 Å². The lowest BCUT2D eigenvalue weighted by Crippen LogP contribution is -3.00. The first-order chi connectivity index (χ1) is 13.1. The van der Waals surface area contributed by atoms with Crippen molar-refractivity contribution in [2.45, 2.75) is 142 Å². The second-order valence-corrected chi connectivity index (χ2v) is 9.75. The van der Waals surface area contributed by atoms with E-state index in [1.54, 1.807) is 0 Å². The van der Waals surface area contributed by atoms with Crippen molar-refractivity contribution in [3.05, 3.63) is 0 Å². The second kappa shape index (κ2) is 23.5. The average Bonchev–Trinajstić information content (AvgIpc) is 2.65. The van der Waals surface area contributed by atoms with Crippen molar-refractivity contribution in [3.8, 4) is 0 Å². The smallest absolute Gasteiger partial charge is 0.0782 e. The summed E-state index contributed by atoms with van der Waals surface area (Å²) in [5.41, 5.74) is 0. The maximum atomic E-state index is 2.44. The van der Waals surface area contributed by atoms with Gasteiger partial charge in [-0.25, -0.2) is 0 Å². The lowest BCUT2D eigenvalue weighted by Gasteiger charge is -2.30. The fourth-order valence-electron chi connectivity index (χ4n) is 4.17. The third kappa shape index (κ3) is 24.3. The molecule has 2 heteroatoms. The van der Waals surface area contributed by atoms with Crippen LogP contribution in [0.3, 0.4) is 0 Å². The van der Waals surface area contributed by atoms with Crippen LogP contribution in [0.2, 0.25) is 0 Å². The molecule has 0 N–H and O–H groups in total. The van der Waals surface area contributed by atoms with Crippen LogP contribution in [0.15, 0.2) is 0 Å². The minimum atomic E-state index is 0. The fourth-order valence-corrected chi connectivity index (χ4v) is 4.17. The van der Waals surface area contributed by atoms with Crippen LogP contribution in [0, 0.1) is 0 Å². The molecule has 0 saturated carbocycles. The predicted molar refractivity (Wildman–Crippen MR) is 126 cm³/mol. The molecule has 0 aromatic rings. The summed E-state index contributed by atoms with van der Waals surface area (Å²) in [6.07, 6.45) is 29.0. The summed E-state index contributed by atoms with van der Waals surface area (Å²) >= 11 is 0. The summed E-state index contributed by atoms with van der Waals surface area (Å²) in [7, 11) is 4.88. The van der Waals surface area contributed by atoms with E-state index in [2.05, 4.69) is 27.9 Å². The molecule has 0 aromatic heterocycles. The maximum absolute atomic E-state index is 2.44. The van der Waals surface area contributed by atoms with Gasteiger partial charge < -0.3 is 16.9 Å². The Morgan fingerprint density at radius 1 is 0.357 bits per heavy atom. The van der Waals surface area contributed by atoms with E-state index in [0.29, 0.717) is 0 Å². The van der Waals surface area contributed by atoms with Gasteiger partial charge in [0.15, 0.2) is 0 Å². The molecule has 0 aliphatic heterocycles. The van der Waals surface area contributed by atoms with E-state index in [-0.39, 0.29) is 12.4 Å². The van der Waals surface area contributed by atoms with Crippen LogP contribution in [-0.4, -0.2) is 31.7 Å². The minimum absolute atomic E-state index is 0. The number of unbranched alkanes of at least 4 members (excludes halogenated alkanes) is 18. The maximum Gasteiger partial charge on any atom is 0.0782 e. The zero-order valence-corrected chi connectivity index (χ0v) is 21.1. The molecule has 0 fully saturated rings. The monoisotopic (exact) mass is 417 g/mol. The quantitative estimate of drug-likeness (QED) is 0.152. The molecule has 0 atom stereocenters. The number of quaternary nitrogens is 1. The molecule has 0 rings (SSSR count). The molecule has 1 nitrogen and oxygen atoms in total. The molecule has 172 valence electrons. The van der Waals surface area contributed by atoms with Gasteiger partial charge in [-0.1, -0.05) is 117 Å². The Bertz CT molecular complexity index is 278. The van der Waals surface area contributed by atoms with Gasteiger partial charge in [-0.15, -0.1) is 0 Å². The SMILES string of the molecule is CCCCCCCCCCCCCCCC[N+](C)(C)CCCCCCCC.[Cl-]. The van der Waals surface area contributed by atoms with E-state index < -0.39 is 0 Å². The van der Waals surface area contributed by atoms with Gasteiger partial charge in [-0.05, 0) is 25.7 Å². The predicted octanol–water partition coefficient (Wildman–Crippen LogP) is 5.91. The Labute approximate surface area is 186 Å². The Balaban J connectivity index is 0. The summed E-state index contributed by atoms with van der Waals surface area (Å²) in [6.45, 7) is 7.37. The first kappa shape index (κ1) is 30.4. The first-order valence-corrected chi connectivity index (χ1v) is 12.9. The van der Waals surface area contributed by atoms with Gasteiger partial charge in [-0.2, -0.15) is 0 Å². The number of rotatable bonds is 22. The Kier molecular flexibility index (Phi) is 25.6. The summed E-state index contributed by atoms with van der Waals surface area (Å²) in [5, 5.41) is 0. The van der Waals surface area contributed by atoms with Gasteiger partial charge >= 0.3 is 0 Å². The van der Waals surface area contributed by atoms with Gasteiger partial charge in [0.05, 0.1) is 27.2 Å². The van der Waals surface area contributed by atoms with Crippen LogP contribution in [0.1, 0.15) is 142 Å². The highest BCUT2D eigenvalue weighted by atomic mass is 35.5. The molecule has 0 aliphatic carbocycles. The fraction of sp³-hybridized carbons (Fsp3) is 1.00. The summed E-state index contributed by atoms with van der Waals surface area (Å²) in [5.74, 6) is 0. The standard InChI is InChI=1S/C26H56N.ClH/c1-5-7-9-11-13-14-15-16-17-18-19-20-22-24-26-27(3,4)25-23-21-12-10-8-6-2;/h5-26H2,1-4H3;1H/q+1;/p-1. The molecule has 0 saturated heterocycles. The van der Waals surface area contributed by atoms with Crippen molar-refractivity contribution in [3.63, 3.8) is 0 Å². The van der Waals surface area contributed by atoms with Crippen molar-refractivity contribution in [1.29, 1.82) is 0 Å². The molecule has 0 aliphatic rings. The molecular formula is C26H56ClN. The zero-order chi connectivity index (χ0) is 20.1. The van der Waals surface area contributed by atoms with E-state index >= 15 is 0 Å². The van der Waals surface area contributed by atoms with Crippen molar-refractivity contribution in [1.82, 2.24) is 0 Å². The van der Waals surface area contributed by atoms with Crippen LogP contribution in [0.25, 0.3) is 0 Å².